The normalized spacial score (nSPS) is 10.9. The van der Waals surface area contributed by atoms with E-state index >= 15 is 0 Å². The first-order valence-electron chi connectivity index (χ1n) is 5.77. The molecule has 1 aromatic carbocycles. The number of carbonyl (C=O) groups is 2. The topological polar surface area (TPSA) is 113 Å². The molecule has 0 unspecified atom stereocenters. The summed E-state index contributed by atoms with van der Waals surface area (Å²) in [7, 11) is -3.47. The van der Waals surface area contributed by atoms with Crippen molar-refractivity contribution in [3.8, 4) is 0 Å². The van der Waals surface area contributed by atoms with Gasteiger partial charge >= 0.3 is 12.0 Å². The number of rotatable bonds is 5. The zero-order valence-corrected chi connectivity index (χ0v) is 12.0. The number of sulfone groups is 1. The van der Waals surface area contributed by atoms with Crippen LogP contribution in [0.5, 0.6) is 0 Å². The van der Waals surface area contributed by atoms with Gasteiger partial charge in [0.1, 0.15) is 0 Å². The number of aryl methyl sites for hydroxylation is 1. The monoisotopic (exact) mass is 300 g/mol. The van der Waals surface area contributed by atoms with Crippen LogP contribution in [0.2, 0.25) is 0 Å². The van der Waals surface area contributed by atoms with Gasteiger partial charge in [0.2, 0.25) is 0 Å². The summed E-state index contributed by atoms with van der Waals surface area (Å²) in [6.45, 7) is 1.70. The van der Waals surface area contributed by atoms with Gasteiger partial charge in [0.25, 0.3) is 0 Å². The van der Waals surface area contributed by atoms with Crippen LogP contribution >= 0.6 is 0 Å². The van der Waals surface area contributed by atoms with Crippen molar-refractivity contribution >= 4 is 27.5 Å². The Balaban J connectivity index is 2.82. The van der Waals surface area contributed by atoms with Crippen LogP contribution in [-0.4, -0.2) is 38.3 Å². The Morgan fingerprint density at radius 3 is 2.50 bits per heavy atom. The van der Waals surface area contributed by atoms with Crippen molar-refractivity contribution in [3.63, 3.8) is 0 Å². The summed E-state index contributed by atoms with van der Waals surface area (Å²) in [5.41, 5.74) is 0.910. The second kappa shape index (κ2) is 6.38. The Hall–Kier alpha value is -2.09. The number of hydrogen-bond donors (Lipinski definition) is 3. The van der Waals surface area contributed by atoms with Crippen molar-refractivity contribution in [1.29, 1.82) is 0 Å². The van der Waals surface area contributed by atoms with Gasteiger partial charge in [-0.05, 0) is 24.6 Å². The van der Waals surface area contributed by atoms with Crippen LogP contribution in [0.3, 0.4) is 0 Å². The lowest BCUT2D eigenvalue weighted by atomic mass is 10.2. The van der Waals surface area contributed by atoms with Crippen LogP contribution in [0.1, 0.15) is 12.0 Å². The van der Waals surface area contributed by atoms with E-state index in [1.54, 1.807) is 13.0 Å². The first-order chi connectivity index (χ1) is 9.20. The molecule has 0 bridgehead atoms. The number of hydrogen-bond acceptors (Lipinski definition) is 4. The molecule has 0 saturated heterocycles. The number of aliphatic carboxylic acids is 1. The molecular formula is C12H16N2O5S. The van der Waals surface area contributed by atoms with E-state index < -0.39 is 21.8 Å². The van der Waals surface area contributed by atoms with Gasteiger partial charge < -0.3 is 15.7 Å². The molecule has 0 spiro atoms. The molecule has 2 amide bonds. The average Bonchev–Trinajstić information content (AvgIpc) is 2.29. The fourth-order valence-electron chi connectivity index (χ4n) is 1.49. The average molecular weight is 300 g/mol. The molecule has 3 N–H and O–H groups in total. The minimum atomic E-state index is -3.47. The fraction of sp³-hybridized carbons (Fsp3) is 0.333. The number of anilines is 1. The van der Waals surface area contributed by atoms with Gasteiger partial charge in [0.05, 0.1) is 17.0 Å². The number of carboxylic acid groups (broad SMARTS) is 1. The fourth-order valence-corrected chi connectivity index (χ4v) is 2.41. The van der Waals surface area contributed by atoms with E-state index in [1.165, 1.54) is 12.1 Å². The first-order valence-corrected chi connectivity index (χ1v) is 7.66. The molecule has 0 aromatic heterocycles. The Kier molecular flexibility index (Phi) is 5.09. The molecule has 0 saturated carbocycles. The molecular weight excluding hydrogens is 284 g/mol. The molecule has 1 rings (SSSR count). The van der Waals surface area contributed by atoms with E-state index in [4.69, 9.17) is 5.11 Å². The van der Waals surface area contributed by atoms with Crippen molar-refractivity contribution in [2.24, 2.45) is 0 Å². The van der Waals surface area contributed by atoms with Crippen molar-refractivity contribution in [3.05, 3.63) is 23.8 Å². The van der Waals surface area contributed by atoms with Crippen molar-refractivity contribution < 1.29 is 23.1 Å². The van der Waals surface area contributed by atoms with Gasteiger partial charge in [0, 0.05) is 12.8 Å². The van der Waals surface area contributed by atoms with E-state index in [9.17, 15) is 18.0 Å². The zero-order chi connectivity index (χ0) is 15.3. The largest absolute Gasteiger partial charge is 0.481 e. The van der Waals surface area contributed by atoms with Gasteiger partial charge in [-0.3, -0.25) is 4.79 Å². The third kappa shape index (κ3) is 4.88. The van der Waals surface area contributed by atoms with Crippen LogP contribution in [0.25, 0.3) is 0 Å². The smallest absolute Gasteiger partial charge is 0.319 e. The standard InChI is InChI=1S/C12H16N2O5S/c1-8-3-4-9(10(7-8)20(2,18)19)14-12(17)13-6-5-11(15)16/h3-4,7H,5-6H2,1-2H3,(H,15,16)(H2,13,14,17). The second-order valence-corrected chi connectivity index (χ2v) is 6.28. The highest BCUT2D eigenvalue weighted by molar-refractivity contribution is 7.90. The third-order valence-corrected chi connectivity index (χ3v) is 3.55. The molecule has 0 aliphatic rings. The van der Waals surface area contributed by atoms with Crippen molar-refractivity contribution in [2.75, 3.05) is 18.1 Å². The Morgan fingerprint density at radius 2 is 1.95 bits per heavy atom. The minimum Gasteiger partial charge on any atom is -0.481 e. The molecule has 7 nitrogen and oxygen atoms in total. The molecule has 20 heavy (non-hydrogen) atoms. The van der Waals surface area contributed by atoms with Gasteiger partial charge in [-0.1, -0.05) is 6.07 Å². The van der Waals surface area contributed by atoms with Crippen LogP contribution in [0.15, 0.2) is 23.1 Å². The predicted octanol–water partition coefficient (Wildman–Crippen LogP) is 0.995. The molecule has 0 aliphatic carbocycles. The van der Waals surface area contributed by atoms with E-state index in [-0.39, 0.29) is 23.5 Å². The predicted molar refractivity (Wildman–Crippen MR) is 73.6 cm³/mol. The summed E-state index contributed by atoms with van der Waals surface area (Å²) < 4.78 is 23.3. The summed E-state index contributed by atoms with van der Waals surface area (Å²) >= 11 is 0. The molecule has 0 fully saturated rings. The van der Waals surface area contributed by atoms with Crippen molar-refractivity contribution in [1.82, 2.24) is 5.32 Å². The molecule has 110 valence electrons. The number of amides is 2. The molecule has 0 radical (unpaired) electrons. The van der Waals surface area contributed by atoms with E-state index in [0.717, 1.165) is 11.8 Å². The molecule has 0 atom stereocenters. The Labute approximate surface area is 116 Å². The number of carboxylic acids is 1. The zero-order valence-electron chi connectivity index (χ0n) is 11.1. The van der Waals surface area contributed by atoms with Crippen LogP contribution < -0.4 is 10.6 Å². The maximum absolute atomic E-state index is 11.6. The van der Waals surface area contributed by atoms with Crippen molar-refractivity contribution in [2.45, 2.75) is 18.2 Å². The lowest BCUT2D eigenvalue weighted by molar-refractivity contribution is -0.136. The van der Waals surface area contributed by atoms with Gasteiger partial charge in [-0.15, -0.1) is 0 Å². The van der Waals surface area contributed by atoms with Gasteiger partial charge in [0.15, 0.2) is 9.84 Å². The molecule has 8 heteroatoms. The summed E-state index contributed by atoms with van der Waals surface area (Å²) in [6.07, 6.45) is 0.843. The molecule has 0 heterocycles. The van der Waals surface area contributed by atoms with Gasteiger partial charge in [-0.25, -0.2) is 13.2 Å². The highest BCUT2D eigenvalue weighted by Crippen LogP contribution is 2.22. The lowest BCUT2D eigenvalue weighted by Gasteiger charge is -2.11. The maximum atomic E-state index is 11.6. The Morgan fingerprint density at radius 1 is 1.30 bits per heavy atom. The lowest BCUT2D eigenvalue weighted by Crippen LogP contribution is -2.31. The third-order valence-electron chi connectivity index (χ3n) is 2.41. The number of benzene rings is 1. The second-order valence-electron chi connectivity index (χ2n) is 4.30. The molecule has 0 aliphatic heterocycles. The summed E-state index contributed by atoms with van der Waals surface area (Å²) in [5.74, 6) is -1.03. The molecule has 1 aromatic rings. The summed E-state index contributed by atoms with van der Waals surface area (Å²) in [6, 6.07) is 3.96. The van der Waals surface area contributed by atoms with E-state index in [0.29, 0.717) is 0 Å². The van der Waals surface area contributed by atoms with Gasteiger partial charge in [-0.2, -0.15) is 0 Å². The Bertz CT molecular complexity index is 625. The van der Waals surface area contributed by atoms with E-state index in [2.05, 4.69) is 10.6 Å². The van der Waals surface area contributed by atoms with Crippen LogP contribution in [0, 0.1) is 6.92 Å². The number of carbonyl (C=O) groups excluding carboxylic acids is 1. The van der Waals surface area contributed by atoms with Crippen LogP contribution in [0.4, 0.5) is 10.5 Å². The SMILES string of the molecule is Cc1ccc(NC(=O)NCCC(=O)O)c(S(C)(=O)=O)c1. The quantitative estimate of drug-likeness (QED) is 0.750. The minimum absolute atomic E-state index is 0.0193. The highest BCUT2D eigenvalue weighted by atomic mass is 32.2. The summed E-state index contributed by atoms with van der Waals surface area (Å²) in [5, 5.41) is 13.2. The van der Waals surface area contributed by atoms with Crippen LogP contribution in [-0.2, 0) is 14.6 Å². The van der Waals surface area contributed by atoms with E-state index in [1.807, 2.05) is 0 Å². The number of nitrogens with one attached hydrogen (secondary N) is 2. The number of urea groups is 1. The maximum Gasteiger partial charge on any atom is 0.319 e. The highest BCUT2D eigenvalue weighted by Gasteiger charge is 2.15. The summed E-state index contributed by atoms with van der Waals surface area (Å²) in [4.78, 5) is 21.9. The first kappa shape index (κ1) is 16.0.